The first-order valence-corrected chi connectivity index (χ1v) is 7.51. The molecule has 3 aromatic rings. The van der Waals surface area contributed by atoms with E-state index >= 15 is 0 Å². The maximum Gasteiger partial charge on any atom is 0.306 e. The van der Waals surface area contributed by atoms with Crippen LogP contribution in [0.4, 0.5) is 8.78 Å². The van der Waals surface area contributed by atoms with Gasteiger partial charge >= 0.3 is 5.97 Å². The first kappa shape index (κ1) is 16.8. The second-order valence-corrected chi connectivity index (χ2v) is 5.29. The van der Waals surface area contributed by atoms with Crippen molar-refractivity contribution < 1.29 is 27.5 Å². The number of carbonyl (C=O) groups is 2. The largest absolute Gasteiger partial charge is 0.457 e. The molecule has 0 unspecified atom stereocenters. The minimum absolute atomic E-state index is 0.0160. The van der Waals surface area contributed by atoms with Gasteiger partial charge < -0.3 is 9.15 Å². The van der Waals surface area contributed by atoms with Gasteiger partial charge in [0.25, 0.3) is 0 Å². The van der Waals surface area contributed by atoms with Gasteiger partial charge in [-0.15, -0.1) is 0 Å². The summed E-state index contributed by atoms with van der Waals surface area (Å²) in [5.41, 5.74) is 1.25. The van der Waals surface area contributed by atoms with Crippen LogP contribution in [0.15, 0.2) is 46.9 Å². The number of benzene rings is 2. The molecule has 0 radical (unpaired) electrons. The lowest BCUT2D eigenvalue weighted by atomic mass is 10.1. The van der Waals surface area contributed by atoms with Gasteiger partial charge in [0.05, 0.1) is 6.42 Å². The van der Waals surface area contributed by atoms with Crippen LogP contribution in [0.1, 0.15) is 22.7 Å². The second-order valence-electron chi connectivity index (χ2n) is 5.29. The van der Waals surface area contributed by atoms with E-state index in [4.69, 9.17) is 9.15 Å². The summed E-state index contributed by atoms with van der Waals surface area (Å²) in [6, 6.07) is 9.95. The third-order valence-electron chi connectivity index (χ3n) is 3.49. The van der Waals surface area contributed by atoms with Crippen LogP contribution >= 0.6 is 0 Å². The second kappa shape index (κ2) is 7.21. The predicted molar refractivity (Wildman–Crippen MR) is 84.0 cm³/mol. The minimum Gasteiger partial charge on any atom is -0.457 e. The summed E-state index contributed by atoms with van der Waals surface area (Å²) in [6.07, 6.45) is 0.213. The number of ether oxygens (including phenoxy) is 1. The lowest BCUT2D eigenvalue weighted by Gasteiger charge is -2.04. The Balaban J connectivity index is 1.50. The fourth-order valence-corrected chi connectivity index (χ4v) is 2.21. The summed E-state index contributed by atoms with van der Waals surface area (Å²) >= 11 is 0. The number of fused-ring (bicyclic) bond motifs is 1. The van der Waals surface area contributed by atoms with E-state index < -0.39 is 30.0 Å². The smallest absolute Gasteiger partial charge is 0.306 e. The molecule has 0 fully saturated rings. The third kappa shape index (κ3) is 4.06. The maximum atomic E-state index is 13.1. The molecule has 25 heavy (non-hydrogen) atoms. The Morgan fingerprint density at radius 3 is 2.64 bits per heavy atom. The van der Waals surface area contributed by atoms with Crippen molar-refractivity contribution in [2.45, 2.75) is 12.8 Å². The van der Waals surface area contributed by atoms with Crippen molar-refractivity contribution in [2.24, 2.45) is 0 Å². The van der Waals surface area contributed by atoms with E-state index in [1.54, 1.807) is 12.1 Å². The zero-order chi connectivity index (χ0) is 17.8. The Morgan fingerprint density at radius 1 is 1.08 bits per heavy atom. The first-order valence-electron chi connectivity index (χ1n) is 7.51. The van der Waals surface area contributed by atoms with Crippen molar-refractivity contribution in [3.8, 4) is 0 Å². The van der Waals surface area contributed by atoms with Gasteiger partial charge in [-0.25, -0.2) is 13.8 Å². The normalized spacial score (nSPS) is 10.8. The Morgan fingerprint density at radius 2 is 1.88 bits per heavy atom. The number of aromatic nitrogens is 1. The molecule has 0 spiro atoms. The molecule has 1 heterocycles. The monoisotopic (exact) mass is 345 g/mol. The number of para-hydroxylation sites is 2. The highest BCUT2D eigenvalue weighted by Crippen LogP contribution is 2.16. The number of nitrogens with zero attached hydrogens (tertiary/aromatic N) is 1. The van der Waals surface area contributed by atoms with E-state index in [9.17, 15) is 18.4 Å². The fraction of sp³-hybridized carbons (Fsp3) is 0.167. The van der Waals surface area contributed by atoms with E-state index in [0.29, 0.717) is 17.0 Å². The molecule has 0 aliphatic heterocycles. The maximum absolute atomic E-state index is 13.1. The molecular formula is C18H13F2NO4. The van der Waals surface area contributed by atoms with E-state index in [0.717, 1.165) is 18.2 Å². The summed E-state index contributed by atoms with van der Waals surface area (Å²) in [4.78, 5) is 27.7. The summed E-state index contributed by atoms with van der Waals surface area (Å²) in [7, 11) is 0. The Bertz CT molecular complexity index is 903. The van der Waals surface area contributed by atoms with Gasteiger partial charge in [-0.1, -0.05) is 12.1 Å². The number of rotatable bonds is 6. The van der Waals surface area contributed by atoms with Crippen LogP contribution in [0.3, 0.4) is 0 Å². The van der Waals surface area contributed by atoms with Crippen LogP contribution in [0.25, 0.3) is 11.1 Å². The summed E-state index contributed by atoms with van der Waals surface area (Å²) in [5.74, 6) is -3.02. The van der Waals surface area contributed by atoms with E-state index in [1.165, 1.54) is 0 Å². The molecule has 0 saturated carbocycles. The Labute approximate surface area is 141 Å². The van der Waals surface area contributed by atoms with Crippen LogP contribution in [0.5, 0.6) is 0 Å². The molecule has 7 heteroatoms. The summed E-state index contributed by atoms with van der Waals surface area (Å²) in [5, 5.41) is 0. The van der Waals surface area contributed by atoms with Crippen LogP contribution in [-0.2, 0) is 16.0 Å². The number of Topliss-reactive ketones (excluding diaryl/α,β-unsaturated/α-hetero) is 1. The average Bonchev–Trinajstić information content (AvgIpc) is 3.03. The molecule has 0 N–H and O–H groups in total. The highest BCUT2D eigenvalue weighted by molar-refractivity contribution is 5.97. The first-order chi connectivity index (χ1) is 12.0. The standard InChI is InChI=1S/C18H13F2NO4/c19-12-6-5-11(9-13(12)20)15(22)10-24-18(23)8-7-17-21-14-3-1-2-4-16(14)25-17/h1-6,9H,7-8,10H2. The van der Waals surface area contributed by atoms with E-state index in [-0.39, 0.29) is 18.4 Å². The van der Waals surface area contributed by atoms with Crippen LogP contribution in [-0.4, -0.2) is 23.3 Å². The quantitative estimate of drug-likeness (QED) is 0.505. The molecule has 1 aromatic heterocycles. The number of esters is 1. The number of hydrogen-bond donors (Lipinski definition) is 0. The van der Waals surface area contributed by atoms with E-state index in [1.807, 2.05) is 12.1 Å². The van der Waals surface area contributed by atoms with E-state index in [2.05, 4.69) is 4.98 Å². The molecular weight excluding hydrogens is 332 g/mol. The van der Waals surface area contributed by atoms with Gasteiger partial charge in [0, 0.05) is 12.0 Å². The zero-order valence-electron chi connectivity index (χ0n) is 13.0. The molecule has 0 aliphatic carbocycles. The number of aryl methyl sites for hydroxylation is 1. The van der Waals surface area contributed by atoms with Crippen LogP contribution in [0.2, 0.25) is 0 Å². The van der Waals surface area contributed by atoms with Gasteiger partial charge in [-0.2, -0.15) is 0 Å². The highest BCUT2D eigenvalue weighted by atomic mass is 19.2. The molecule has 5 nitrogen and oxygen atoms in total. The van der Waals surface area contributed by atoms with Gasteiger partial charge in [-0.3, -0.25) is 9.59 Å². The molecule has 2 aromatic carbocycles. The third-order valence-corrected chi connectivity index (χ3v) is 3.49. The molecule has 128 valence electrons. The number of halogens is 2. The fourth-order valence-electron chi connectivity index (χ4n) is 2.21. The highest BCUT2D eigenvalue weighted by Gasteiger charge is 2.14. The lowest BCUT2D eigenvalue weighted by Crippen LogP contribution is -2.15. The van der Waals surface area contributed by atoms with Crippen molar-refractivity contribution >= 4 is 22.9 Å². The number of oxazole rings is 1. The molecule has 3 rings (SSSR count). The Kier molecular flexibility index (Phi) is 4.83. The molecule has 0 bridgehead atoms. The molecule has 0 saturated heterocycles. The lowest BCUT2D eigenvalue weighted by molar-refractivity contribution is -0.142. The zero-order valence-corrected chi connectivity index (χ0v) is 13.0. The van der Waals surface area contributed by atoms with Crippen LogP contribution < -0.4 is 0 Å². The average molecular weight is 345 g/mol. The van der Waals surface area contributed by atoms with Crippen molar-refractivity contribution in [3.05, 3.63) is 65.6 Å². The molecule has 0 atom stereocenters. The number of ketones is 1. The Hall–Kier alpha value is -3.09. The summed E-state index contributed by atoms with van der Waals surface area (Å²) in [6.45, 7) is -0.544. The van der Waals surface area contributed by atoms with Crippen molar-refractivity contribution in [3.63, 3.8) is 0 Å². The number of hydrogen-bond acceptors (Lipinski definition) is 5. The van der Waals surface area contributed by atoms with Crippen molar-refractivity contribution in [1.82, 2.24) is 4.98 Å². The van der Waals surface area contributed by atoms with Gasteiger partial charge in [0.1, 0.15) is 5.52 Å². The van der Waals surface area contributed by atoms with Crippen LogP contribution in [0, 0.1) is 11.6 Å². The van der Waals surface area contributed by atoms with Gasteiger partial charge in [0.15, 0.2) is 35.5 Å². The molecule has 0 aliphatic rings. The topological polar surface area (TPSA) is 69.4 Å². The van der Waals surface area contributed by atoms with Crippen molar-refractivity contribution in [1.29, 1.82) is 0 Å². The molecule has 0 amide bonds. The van der Waals surface area contributed by atoms with Crippen molar-refractivity contribution in [2.75, 3.05) is 6.61 Å². The predicted octanol–water partition coefficient (Wildman–Crippen LogP) is 3.46. The minimum atomic E-state index is -1.13. The number of carbonyl (C=O) groups excluding carboxylic acids is 2. The summed E-state index contributed by atoms with van der Waals surface area (Å²) < 4.78 is 36.2. The van der Waals surface area contributed by atoms with Gasteiger partial charge in [-0.05, 0) is 30.3 Å². The van der Waals surface area contributed by atoms with Gasteiger partial charge in [0.2, 0.25) is 0 Å². The SMILES string of the molecule is O=C(CCc1nc2ccccc2o1)OCC(=O)c1ccc(F)c(F)c1.